The predicted octanol–water partition coefficient (Wildman–Crippen LogP) is 1.48. The van der Waals surface area contributed by atoms with Gasteiger partial charge in [-0.3, -0.25) is 0 Å². The molecular formula is C10H10N4S. The molecule has 0 unspecified atom stereocenters. The Morgan fingerprint density at radius 3 is 2.67 bits per heavy atom. The Morgan fingerprint density at radius 2 is 1.93 bits per heavy atom. The number of nitrogens with zero attached hydrogens (tertiary/aromatic N) is 3. The van der Waals surface area contributed by atoms with Crippen molar-refractivity contribution in [3.05, 3.63) is 42.4 Å². The lowest BCUT2D eigenvalue weighted by atomic mass is 10.4. The van der Waals surface area contributed by atoms with Gasteiger partial charge in [0.15, 0.2) is 5.16 Å². The van der Waals surface area contributed by atoms with Crippen molar-refractivity contribution < 1.29 is 0 Å². The number of pyridine rings is 1. The zero-order valence-corrected chi connectivity index (χ0v) is 8.81. The summed E-state index contributed by atoms with van der Waals surface area (Å²) in [6, 6.07) is 7.53. The number of hydrogen-bond acceptors (Lipinski definition) is 5. The topological polar surface area (TPSA) is 64.7 Å². The minimum atomic E-state index is 0.448. The fourth-order valence-corrected chi connectivity index (χ4v) is 1.78. The van der Waals surface area contributed by atoms with E-state index in [9.17, 15) is 0 Å². The summed E-state index contributed by atoms with van der Waals surface area (Å²) < 4.78 is 0. The standard InChI is InChI=1S/C10H10N4S/c11-7-8-3-1-4-9(14-8)15-10-12-5-2-6-13-10/h1-6H,7,11H2. The molecule has 0 atom stereocenters. The molecule has 0 saturated carbocycles. The van der Waals surface area contributed by atoms with Gasteiger partial charge in [-0.15, -0.1) is 0 Å². The van der Waals surface area contributed by atoms with Crippen molar-refractivity contribution in [2.75, 3.05) is 0 Å². The van der Waals surface area contributed by atoms with E-state index in [1.54, 1.807) is 18.5 Å². The Labute approximate surface area is 92.0 Å². The average Bonchev–Trinajstić information content (AvgIpc) is 2.31. The van der Waals surface area contributed by atoms with Gasteiger partial charge in [-0.2, -0.15) is 0 Å². The van der Waals surface area contributed by atoms with E-state index in [1.165, 1.54) is 11.8 Å². The summed E-state index contributed by atoms with van der Waals surface area (Å²) in [6.45, 7) is 0.448. The summed E-state index contributed by atoms with van der Waals surface area (Å²) in [5.74, 6) is 0. The summed E-state index contributed by atoms with van der Waals surface area (Å²) in [5.41, 5.74) is 6.38. The number of aromatic nitrogens is 3. The number of nitrogens with two attached hydrogens (primary N) is 1. The van der Waals surface area contributed by atoms with Crippen LogP contribution in [-0.2, 0) is 6.54 Å². The van der Waals surface area contributed by atoms with E-state index < -0.39 is 0 Å². The lowest BCUT2D eigenvalue weighted by Gasteiger charge is -2.00. The van der Waals surface area contributed by atoms with Gasteiger partial charge in [0, 0.05) is 18.9 Å². The van der Waals surface area contributed by atoms with E-state index in [0.717, 1.165) is 10.7 Å². The molecule has 0 bridgehead atoms. The van der Waals surface area contributed by atoms with Crippen molar-refractivity contribution in [1.29, 1.82) is 0 Å². The Morgan fingerprint density at radius 1 is 1.13 bits per heavy atom. The SMILES string of the molecule is NCc1cccc(Sc2ncccn2)n1. The minimum Gasteiger partial charge on any atom is -0.325 e. The van der Waals surface area contributed by atoms with Crippen LogP contribution in [0.15, 0.2) is 46.8 Å². The maximum Gasteiger partial charge on any atom is 0.193 e. The van der Waals surface area contributed by atoms with Gasteiger partial charge in [-0.05, 0) is 30.0 Å². The predicted molar refractivity (Wildman–Crippen MR) is 58.3 cm³/mol. The van der Waals surface area contributed by atoms with Crippen LogP contribution in [0, 0.1) is 0 Å². The summed E-state index contributed by atoms with van der Waals surface area (Å²) >= 11 is 1.43. The van der Waals surface area contributed by atoms with Crippen molar-refractivity contribution in [2.24, 2.45) is 5.73 Å². The third kappa shape index (κ3) is 2.74. The normalized spacial score (nSPS) is 10.2. The molecule has 2 N–H and O–H groups in total. The highest BCUT2D eigenvalue weighted by atomic mass is 32.2. The molecule has 4 nitrogen and oxygen atoms in total. The molecule has 2 heterocycles. The first-order valence-corrected chi connectivity index (χ1v) is 5.31. The first-order valence-electron chi connectivity index (χ1n) is 4.49. The monoisotopic (exact) mass is 218 g/mol. The molecule has 2 aromatic heterocycles. The Kier molecular flexibility index (Phi) is 3.26. The fourth-order valence-electron chi connectivity index (χ4n) is 1.06. The van der Waals surface area contributed by atoms with Crippen molar-refractivity contribution in [1.82, 2.24) is 15.0 Å². The number of rotatable bonds is 3. The van der Waals surface area contributed by atoms with Gasteiger partial charge in [0.25, 0.3) is 0 Å². The van der Waals surface area contributed by atoms with E-state index in [1.807, 2.05) is 18.2 Å². The van der Waals surface area contributed by atoms with Gasteiger partial charge in [-0.25, -0.2) is 15.0 Å². The van der Waals surface area contributed by atoms with Crippen LogP contribution in [0.1, 0.15) is 5.69 Å². The summed E-state index contributed by atoms with van der Waals surface area (Å²) in [6.07, 6.45) is 3.42. The van der Waals surface area contributed by atoms with Crippen LogP contribution in [0.4, 0.5) is 0 Å². The van der Waals surface area contributed by atoms with Crippen LogP contribution >= 0.6 is 11.8 Å². The minimum absolute atomic E-state index is 0.448. The molecule has 0 amide bonds. The first-order chi connectivity index (χ1) is 7.38. The summed E-state index contributed by atoms with van der Waals surface area (Å²) in [4.78, 5) is 12.6. The zero-order chi connectivity index (χ0) is 10.5. The first kappa shape index (κ1) is 10.1. The second-order valence-electron chi connectivity index (χ2n) is 2.80. The van der Waals surface area contributed by atoms with Crippen LogP contribution in [0.3, 0.4) is 0 Å². The third-order valence-electron chi connectivity index (χ3n) is 1.73. The van der Waals surface area contributed by atoms with Crippen molar-refractivity contribution in [2.45, 2.75) is 16.7 Å². The Balaban J connectivity index is 2.17. The molecule has 15 heavy (non-hydrogen) atoms. The van der Waals surface area contributed by atoms with Crippen molar-refractivity contribution >= 4 is 11.8 Å². The van der Waals surface area contributed by atoms with Crippen LogP contribution in [0.25, 0.3) is 0 Å². The largest absolute Gasteiger partial charge is 0.325 e. The van der Waals surface area contributed by atoms with Gasteiger partial charge in [-0.1, -0.05) is 6.07 Å². The van der Waals surface area contributed by atoms with E-state index in [4.69, 9.17) is 5.73 Å². The van der Waals surface area contributed by atoms with Gasteiger partial charge >= 0.3 is 0 Å². The quantitative estimate of drug-likeness (QED) is 0.790. The molecule has 76 valence electrons. The van der Waals surface area contributed by atoms with E-state index >= 15 is 0 Å². The highest BCUT2D eigenvalue weighted by Gasteiger charge is 2.01. The number of hydrogen-bond donors (Lipinski definition) is 1. The molecule has 0 saturated heterocycles. The third-order valence-corrected chi connectivity index (χ3v) is 2.56. The van der Waals surface area contributed by atoms with E-state index in [-0.39, 0.29) is 0 Å². The lowest BCUT2D eigenvalue weighted by Crippen LogP contribution is -1.99. The van der Waals surface area contributed by atoms with Gasteiger partial charge < -0.3 is 5.73 Å². The smallest absolute Gasteiger partial charge is 0.193 e. The average molecular weight is 218 g/mol. The molecule has 0 aliphatic carbocycles. The van der Waals surface area contributed by atoms with Crippen LogP contribution < -0.4 is 5.73 Å². The van der Waals surface area contributed by atoms with Crippen molar-refractivity contribution in [3.63, 3.8) is 0 Å². The fraction of sp³-hybridized carbons (Fsp3) is 0.100. The lowest BCUT2D eigenvalue weighted by molar-refractivity contribution is 0.926. The van der Waals surface area contributed by atoms with Crippen LogP contribution in [0.2, 0.25) is 0 Å². The Hall–Kier alpha value is -1.46. The maximum atomic E-state index is 5.51. The summed E-state index contributed by atoms with van der Waals surface area (Å²) in [5, 5.41) is 1.56. The van der Waals surface area contributed by atoms with Crippen LogP contribution in [-0.4, -0.2) is 15.0 Å². The Bertz CT molecular complexity index is 432. The van der Waals surface area contributed by atoms with Gasteiger partial charge in [0.2, 0.25) is 0 Å². The second kappa shape index (κ2) is 4.86. The molecular weight excluding hydrogens is 208 g/mol. The van der Waals surface area contributed by atoms with E-state index in [0.29, 0.717) is 11.7 Å². The zero-order valence-electron chi connectivity index (χ0n) is 8.00. The molecule has 2 rings (SSSR count). The van der Waals surface area contributed by atoms with E-state index in [2.05, 4.69) is 15.0 Å². The molecule has 0 fully saturated rings. The molecule has 0 aliphatic heterocycles. The van der Waals surface area contributed by atoms with Gasteiger partial charge in [0.05, 0.1) is 5.69 Å². The highest BCUT2D eigenvalue weighted by Crippen LogP contribution is 2.21. The summed E-state index contributed by atoms with van der Waals surface area (Å²) in [7, 11) is 0. The van der Waals surface area contributed by atoms with Crippen LogP contribution in [0.5, 0.6) is 0 Å². The molecule has 0 aliphatic rings. The maximum absolute atomic E-state index is 5.51. The molecule has 0 spiro atoms. The molecule has 0 aromatic carbocycles. The highest BCUT2D eigenvalue weighted by molar-refractivity contribution is 7.99. The molecule has 0 radical (unpaired) electrons. The van der Waals surface area contributed by atoms with Crippen molar-refractivity contribution in [3.8, 4) is 0 Å². The second-order valence-corrected chi connectivity index (χ2v) is 3.79. The molecule has 5 heteroatoms. The van der Waals surface area contributed by atoms with Gasteiger partial charge in [0.1, 0.15) is 5.03 Å². The molecule has 2 aromatic rings.